The molecule has 0 spiro atoms. The molecule has 0 unspecified atom stereocenters. The number of nitrogens with two attached hydrogens (primary N) is 2. The van der Waals surface area contributed by atoms with Crippen molar-refractivity contribution >= 4 is 11.6 Å². The van der Waals surface area contributed by atoms with Gasteiger partial charge < -0.3 is 21.9 Å². The molecular formula is C26H38FN5O2. The Balaban J connectivity index is 0.00000182. The van der Waals surface area contributed by atoms with Crippen LogP contribution in [0.25, 0.3) is 5.70 Å². The van der Waals surface area contributed by atoms with E-state index < -0.39 is 17.8 Å². The summed E-state index contributed by atoms with van der Waals surface area (Å²) in [7, 11) is 0. The normalized spacial score (nSPS) is 12.8. The van der Waals surface area contributed by atoms with Gasteiger partial charge in [0.05, 0.1) is 18.0 Å². The number of carbonyl (C=O) groups is 1. The van der Waals surface area contributed by atoms with Gasteiger partial charge in [-0.3, -0.25) is 9.78 Å². The third-order valence-electron chi connectivity index (χ3n) is 4.57. The van der Waals surface area contributed by atoms with Crippen molar-refractivity contribution in [3.05, 3.63) is 76.8 Å². The van der Waals surface area contributed by atoms with Gasteiger partial charge in [-0.1, -0.05) is 45.7 Å². The Morgan fingerprint density at radius 2 is 1.88 bits per heavy atom. The van der Waals surface area contributed by atoms with Gasteiger partial charge in [0.1, 0.15) is 11.5 Å². The summed E-state index contributed by atoms with van der Waals surface area (Å²) in [4.78, 5) is 20.6. The minimum absolute atomic E-state index is 0.119. The van der Waals surface area contributed by atoms with Crippen LogP contribution in [-0.2, 0) is 6.42 Å². The minimum atomic E-state index is -0.661. The van der Waals surface area contributed by atoms with Crippen LogP contribution in [0.15, 0.2) is 54.0 Å². The molecule has 8 heteroatoms. The van der Waals surface area contributed by atoms with Crippen LogP contribution < -0.4 is 16.8 Å². The average Bonchev–Trinajstić information content (AvgIpc) is 2.81. The van der Waals surface area contributed by atoms with Gasteiger partial charge in [-0.2, -0.15) is 0 Å². The Labute approximate surface area is 202 Å². The van der Waals surface area contributed by atoms with Crippen molar-refractivity contribution < 1.29 is 14.3 Å². The second kappa shape index (κ2) is 15.6. The summed E-state index contributed by atoms with van der Waals surface area (Å²) in [6.45, 7) is 8.01. The zero-order valence-electron chi connectivity index (χ0n) is 20.6. The van der Waals surface area contributed by atoms with Crippen LogP contribution in [0.1, 0.15) is 75.1 Å². The Morgan fingerprint density at radius 3 is 2.50 bits per heavy atom. The summed E-state index contributed by atoms with van der Waals surface area (Å²) < 4.78 is 14.1. The van der Waals surface area contributed by atoms with E-state index in [9.17, 15) is 14.3 Å². The van der Waals surface area contributed by atoms with E-state index in [4.69, 9.17) is 11.5 Å². The lowest BCUT2D eigenvalue weighted by molar-refractivity contribution is 0.0918. The van der Waals surface area contributed by atoms with Crippen molar-refractivity contribution in [3.63, 3.8) is 0 Å². The smallest absolute Gasteiger partial charge is 0.271 e. The van der Waals surface area contributed by atoms with Crippen LogP contribution in [0.5, 0.6) is 0 Å². The molecule has 1 amide bonds. The number of halogens is 1. The molecule has 1 aromatic heterocycles. The van der Waals surface area contributed by atoms with Gasteiger partial charge in [0, 0.05) is 36.1 Å². The number of rotatable bonds is 10. The highest BCUT2D eigenvalue weighted by Crippen LogP contribution is 2.20. The molecule has 0 aliphatic rings. The number of nitrogens with zero attached hydrogens (tertiary/aromatic N) is 2. The van der Waals surface area contributed by atoms with Crippen LogP contribution in [0.4, 0.5) is 4.39 Å². The van der Waals surface area contributed by atoms with E-state index in [1.807, 2.05) is 0 Å². The topological polar surface area (TPSA) is 127 Å². The number of carbonyl (C=O) groups excluding carboxylic acids is 1. The third kappa shape index (κ3) is 10.1. The lowest BCUT2D eigenvalue weighted by Crippen LogP contribution is -2.31. The molecule has 0 fully saturated rings. The summed E-state index contributed by atoms with van der Waals surface area (Å²) in [5, 5.41) is 11.9. The fraction of sp³-hybridized carbons (Fsp3) is 0.423. The number of hydrogen-bond acceptors (Lipinski definition) is 6. The largest absolute Gasteiger partial charge is 0.401 e. The number of unbranched alkanes of at least 4 members (excludes halogenated alkanes) is 1. The van der Waals surface area contributed by atoms with E-state index in [2.05, 4.69) is 36.1 Å². The maximum absolute atomic E-state index is 14.1. The molecular weight excluding hydrogens is 433 g/mol. The maximum atomic E-state index is 14.1. The standard InChI is InChI=1S/C23H30FN5O2.C3H8/c1-3-4-7-16(10-21(26)18-8-5-6-9-19(18)24)20(25)11-17-13-27-14-22(29-17)23(31)28-12-15(2)30;1-3-2/h5-6,8-10,13-15,30H,3-4,7,11-12,25-26H2,1-2H3,(H,28,31);3H2,1-2H3/b20-16-,21-10-;/t15-;/m0./s1. The first-order valence-corrected chi connectivity index (χ1v) is 11.7. The summed E-state index contributed by atoms with van der Waals surface area (Å²) in [6, 6.07) is 6.31. The molecule has 2 rings (SSSR count). The summed E-state index contributed by atoms with van der Waals surface area (Å²) in [5.41, 5.74) is 15.1. The quantitative estimate of drug-likeness (QED) is 0.387. The lowest BCUT2D eigenvalue weighted by Gasteiger charge is -2.11. The number of aliphatic hydroxyl groups excluding tert-OH is 1. The molecule has 0 saturated heterocycles. The number of hydrogen-bond donors (Lipinski definition) is 4. The second-order valence-corrected chi connectivity index (χ2v) is 8.07. The van der Waals surface area contributed by atoms with Crippen LogP contribution >= 0.6 is 0 Å². The first kappa shape index (κ1) is 28.8. The highest BCUT2D eigenvalue weighted by atomic mass is 19.1. The van der Waals surface area contributed by atoms with Crippen molar-refractivity contribution in [2.75, 3.05) is 6.54 Å². The molecule has 6 N–H and O–H groups in total. The van der Waals surface area contributed by atoms with E-state index >= 15 is 0 Å². The number of allylic oxidation sites excluding steroid dienone is 3. The van der Waals surface area contributed by atoms with Crippen LogP contribution in [0, 0.1) is 5.82 Å². The highest BCUT2D eigenvalue weighted by Gasteiger charge is 2.12. The van der Waals surface area contributed by atoms with Crippen molar-refractivity contribution in [1.82, 2.24) is 15.3 Å². The predicted octanol–water partition coefficient (Wildman–Crippen LogP) is 4.09. The monoisotopic (exact) mass is 471 g/mol. The molecule has 1 heterocycles. The molecule has 186 valence electrons. The summed E-state index contributed by atoms with van der Waals surface area (Å²) in [6.07, 6.45) is 7.99. The molecule has 0 aliphatic heterocycles. The average molecular weight is 472 g/mol. The zero-order chi connectivity index (χ0) is 25.5. The van der Waals surface area contributed by atoms with E-state index in [0.29, 0.717) is 29.1 Å². The number of aliphatic hydroxyl groups is 1. The van der Waals surface area contributed by atoms with Crippen LogP contribution in [0.3, 0.4) is 0 Å². The van der Waals surface area contributed by atoms with Crippen molar-refractivity contribution in [1.29, 1.82) is 0 Å². The Bertz CT molecular complexity index is 973. The van der Waals surface area contributed by atoms with Gasteiger partial charge in [-0.05, 0) is 43.5 Å². The van der Waals surface area contributed by atoms with E-state index in [1.54, 1.807) is 37.4 Å². The van der Waals surface area contributed by atoms with Crippen LogP contribution in [-0.4, -0.2) is 33.6 Å². The fourth-order valence-electron chi connectivity index (χ4n) is 2.89. The molecule has 0 saturated carbocycles. The molecule has 7 nitrogen and oxygen atoms in total. The summed E-state index contributed by atoms with van der Waals surface area (Å²) >= 11 is 0. The Kier molecular flexibility index (Phi) is 13.2. The number of aromatic nitrogens is 2. The van der Waals surface area contributed by atoms with E-state index in [-0.39, 0.29) is 18.7 Å². The van der Waals surface area contributed by atoms with Gasteiger partial charge in [-0.15, -0.1) is 0 Å². The molecule has 1 aromatic carbocycles. The third-order valence-corrected chi connectivity index (χ3v) is 4.57. The molecule has 2 aromatic rings. The van der Waals surface area contributed by atoms with Gasteiger partial charge in [-0.25, -0.2) is 9.37 Å². The zero-order valence-corrected chi connectivity index (χ0v) is 20.6. The maximum Gasteiger partial charge on any atom is 0.271 e. The summed E-state index contributed by atoms with van der Waals surface area (Å²) in [5.74, 6) is -0.820. The van der Waals surface area contributed by atoms with E-state index in [0.717, 1.165) is 18.4 Å². The Hall–Kier alpha value is -3.26. The minimum Gasteiger partial charge on any atom is -0.401 e. The number of nitrogens with one attached hydrogen (secondary N) is 1. The fourth-order valence-corrected chi connectivity index (χ4v) is 2.89. The molecule has 1 atom stereocenters. The van der Waals surface area contributed by atoms with Crippen molar-refractivity contribution in [2.45, 2.75) is 65.9 Å². The molecule has 0 radical (unpaired) electrons. The highest BCUT2D eigenvalue weighted by molar-refractivity contribution is 5.91. The number of benzene rings is 1. The van der Waals surface area contributed by atoms with Gasteiger partial charge in [0.25, 0.3) is 5.91 Å². The van der Waals surface area contributed by atoms with Gasteiger partial charge in [0.2, 0.25) is 0 Å². The first-order chi connectivity index (χ1) is 16.2. The SMILES string of the molecule is CCC.CCCCC(/C=C(\N)c1ccccc1F)=C(/N)Cc1cncc(C(=O)NC[C@H](C)O)n1. The van der Waals surface area contributed by atoms with Crippen molar-refractivity contribution in [2.24, 2.45) is 11.5 Å². The van der Waals surface area contributed by atoms with Crippen molar-refractivity contribution in [3.8, 4) is 0 Å². The van der Waals surface area contributed by atoms with Gasteiger partial charge in [0.15, 0.2) is 0 Å². The predicted molar refractivity (Wildman–Crippen MR) is 135 cm³/mol. The molecule has 0 bridgehead atoms. The second-order valence-electron chi connectivity index (χ2n) is 8.07. The molecule has 34 heavy (non-hydrogen) atoms. The first-order valence-electron chi connectivity index (χ1n) is 11.7. The molecule has 0 aliphatic carbocycles. The van der Waals surface area contributed by atoms with E-state index in [1.165, 1.54) is 18.7 Å². The lowest BCUT2D eigenvalue weighted by atomic mass is 10.0. The number of amides is 1. The van der Waals surface area contributed by atoms with Gasteiger partial charge >= 0.3 is 0 Å². The Morgan fingerprint density at radius 1 is 1.21 bits per heavy atom. The van der Waals surface area contributed by atoms with Crippen LogP contribution in [0.2, 0.25) is 0 Å².